The minimum absolute atomic E-state index is 0.136. The van der Waals surface area contributed by atoms with Crippen LogP contribution in [0.5, 0.6) is 5.75 Å². The van der Waals surface area contributed by atoms with Crippen molar-refractivity contribution in [2.24, 2.45) is 5.92 Å². The van der Waals surface area contributed by atoms with Crippen molar-refractivity contribution >= 4 is 35.1 Å². The van der Waals surface area contributed by atoms with Gasteiger partial charge >= 0.3 is 5.97 Å². The second-order valence-electron chi connectivity index (χ2n) is 4.54. The molecular formula is C14H17Cl2NO4. The van der Waals surface area contributed by atoms with Crippen LogP contribution >= 0.6 is 23.2 Å². The van der Waals surface area contributed by atoms with Crippen molar-refractivity contribution in [2.45, 2.75) is 13.8 Å². The Morgan fingerprint density at radius 2 is 2.05 bits per heavy atom. The Morgan fingerprint density at radius 3 is 2.62 bits per heavy atom. The number of carbonyl (C=O) groups excluding carboxylic acids is 1. The van der Waals surface area contributed by atoms with Crippen molar-refractivity contribution < 1.29 is 19.4 Å². The van der Waals surface area contributed by atoms with E-state index in [0.29, 0.717) is 22.3 Å². The van der Waals surface area contributed by atoms with Gasteiger partial charge in [-0.05, 0) is 19.1 Å². The molecule has 116 valence electrons. The molecule has 1 unspecified atom stereocenters. The van der Waals surface area contributed by atoms with Crippen LogP contribution in [0.1, 0.15) is 13.8 Å². The summed E-state index contributed by atoms with van der Waals surface area (Å²) >= 11 is 11.8. The highest BCUT2D eigenvalue weighted by molar-refractivity contribution is 6.34. The number of halogens is 2. The molecule has 0 aliphatic heterocycles. The van der Waals surface area contributed by atoms with Gasteiger partial charge in [0.1, 0.15) is 5.75 Å². The molecule has 1 aromatic rings. The number of benzene rings is 1. The number of rotatable bonds is 7. The Hall–Kier alpha value is -1.46. The molecule has 0 saturated heterocycles. The number of aliphatic carboxylic acids is 1. The number of nitrogens with zero attached hydrogens (tertiary/aromatic N) is 1. The van der Waals surface area contributed by atoms with E-state index in [-0.39, 0.29) is 19.1 Å². The van der Waals surface area contributed by atoms with Gasteiger partial charge in [0.25, 0.3) is 5.91 Å². The molecule has 0 aliphatic rings. The lowest BCUT2D eigenvalue weighted by Gasteiger charge is -2.23. The highest BCUT2D eigenvalue weighted by atomic mass is 35.5. The largest absolute Gasteiger partial charge is 0.482 e. The zero-order valence-electron chi connectivity index (χ0n) is 11.8. The summed E-state index contributed by atoms with van der Waals surface area (Å²) in [6.07, 6.45) is 0. The topological polar surface area (TPSA) is 66.8 Å². The number of hydrogen-bond acceptors (Lipinski definition) is 3. The average Bonchev–Trinajstić information content (AvgIpc) is 2.44. The van der Waals surface area contributed by atoms with E-state index in [1.54, 1.807) is 26.0 Å². The maximum absolute atomic E-state index is 12.0. The second kappa shape index (κ2) is 8.10. The molecule has 21 heavy (non-hydrogen) atoms. The standard InChI is InChI=1S/C14H17Cl2NO4/c1-3-17(7-9(2)14(19)20)13(18)8-21-12-6-10(15)4-5-11(12)16/h4-6,9H,3,7-8H2,1-2H3,(H,19,20). The van der Waals surface area contributed by atoms with Gasteiger partial charge in [0.2, 0.25) is 0 Å². The summed E-state index contributed by atoms with van der Waals surface area (Å²) in [6, 6.07) is 4.71. The number of ether oxygens (including phenoxy) is 1. The molecule has 0 spiro atoms. The third-order valence-corrected chi connectivity index (χ3v) is 3.44. The van der Waals surface area contributed by atoms with Gasteiger partial charge < -0.3 is 14.7 Å². The van der Waals surface area contributed by atoms with Crippen LogP contribution in [-0.2, 0) is 9.59 Å². The Kier molecular flexibility index (Phi) is 6.78. The van der Waals surface area contributed by atoms with Gasteiger partial charge in [-0.15, -0.1) is 0 Å². The van der Waals surface area contributed by atoms with E-state index in [4.69, 9.17) is 33.0 Å². The number of hydrogen-bond donors (Lipinski definition) is 1. The van der Waals surface area contributed by atoms with E-state index in [0.717, 1.165) is 0 Å². The van der Waals surface area contributed by atoms with Gasteiger partial charge in [-0.1, -0.05) is 30.1 Å². The van der Waals surface area contributed by atoms with E-state index in [1.165, 1.54) is 11.0 Å². The number of carbonyl (C=O) groups is 2. The molecule has 0 radical (unpaired) electrons. The van der Waals surface area contributed by atoms with Gasteiger partial charge in [0.15, 0.2) is 6.61 Å². The molecule has 1 amide bonds. The quantitative estimate of drug-likeness (QED) is 0.833. The SMILES string of the molecule is CCN(CC(C)C(=O)O)C(=O)COc1cc(Cl)ccc1Cl. The van der Waals surface area contributed by atoms with E-state index >= 15 is 0 Å². The first-order chi connectivity index (χ1) is 9.85. The van der Waals surface area contributed by atoms with E-state index in [1.807, 2.05) is 0 Å². The van der Waals surface area contributed by atoms with Gasteiger partial charge in [-0.2, -0.15) is 0 Å². The normalized spacial score (nSPS) is 11.8. The number of amides is 1. The molecule has 7 heteroatoms. The Morgan fingerprint density at radius 1 is 1.38 bits per heavy atom. The number of carboxylic acid groups (broad SMARTS) is 1. The van der Waals surface area contributed by atoms with Crippen LogP contribution in [-0.4, -0.2) is 41.6 Å². The van der Waals surface area contributed by atoms with Gasteiger partial charge in [-0.3, -0.25) is 9.59 Å². The number of carboxylic acids is 1. The highest BCUT2D eigenvalue weighted by Gasteiger charge is 2.19. The van der Waals surface area contributed by atoms with Crippen LogP contribution < -0.4 is 4.74 Å². The minimum Gasteiger partial charge on any atom is -0.482 e. The minimum atomic E-state index is -0.944. The molecule has 0 saturated carbocycles. The molecule has 0 aromatic heterocycles. The molecular weight excluding hydrogens is 317 g/mol. The number of likely N-dealkylation sites (N-methyl/N-ethyl adjacent to an activating group) is 1. The molecule has 1 N–H and O–H groups in total. The lowest BCUT2D eigenvalue weighted by atomic mass is 10.1. The fourth-order valence-corrected chi connectivity index (χ4v) is 1.97. The zero-order chi connectivity index (χ0) is 16.0. The first kappa shape index (κ1) is 17.6. The molecule has 1 atom stereocenters. The lowest BCUT2D eigenvalue weighted by Crippen LogP contribution is -2.39. The van der Waals surface area contributed by atoms with Crippen LogP contribution in [0.4, 0.5) is 0 Å². The van der Waals surface area contributed by atoms with Crippen LogP contribution in [0.3, 0.4) is 0 Å². The summed E-state index contributed by atoms with van der Waals surface area (Å²) in [6.45, 7) is 3.65. The van der Waals surface area contributed by atoms with Crippen molar-refractivity contribution in [1.82, 2.24) is 4.90 Å². The summed E-state index contributed by atoms with van der Waals surface area (Å²) < 4.78 is 5.35. The van der Waals surface area contributed by atoms with Crippen LogP contribution in [0.15, 0.2) is 18.2 Å². The highest BCUT2D eigenvalue weighted by Crippen LogP contribution is 2.27. The van der Waals surface area contributed by atoms with Crippen molar-refractivity contribution in [1.29, 1.82) is 0 Å². The van der Waals surface area contributed by atoms with Gasteiger partial charge in [0, 0.05) is 24.2 Å². The van der Waals surface area contributed by atoms with Crippen molar-refractivity contribution in [2.75, 3.05) is 19.7 Å². The first-order valence-electron chi connectivity index (χ1n) is 6.43. The predicted molar refractivity (Wildman–Crippen MR) is 81.0 cm³/mol. The molecule has 0 fully saturated rings. The lowest BCUT2D eigenvalue weighted by molar-refractivity contribution is -0.143. The monoisotopic (exact) mass is 333 g/mol. The fraction of sp³-hybridized carbons (Fsp3) is 0.429. The molecule has 0 heterocycles. The molecule has 5 nitrogen and oxygen atoms in total. The molecule has 0 bridgehead atoms. The van der Waals surface area contributed by atoms with E-state index < -0.39 is 11.9 Å². The van der Waals surface area contributed by atoms with Crippen LogP contribution in [0, 0.1) is 5.92 Å². The first-order valence-corrected chi connectivity index (χ1v) is 7.19. The van der Waals surface area contributed by atoms with Crippen molar-refractivity contribution in [3.63, 3.8) is 0 Å². The average molecular weight is 334 g/mol. The van der Waals surface area contributed by atoms with E-state index in [9.17, 15) is 9.59 Å². The summed E-state index contributed by atoms with van der Waals surface area (Å²) in [5.41, 5.74) is 0. The smallest absolute Gasteiger partial charge is 0.308 e. The molecule has 0 aliphatic carbocycles. The maximum Gasteiger partial charge on any atom is 0.308 e. The second-order valence-corrected chi connectivity index (χ2v) is 5.38. The summed E-state index contributed by atoms with van der Waals surface area (Å²) in [4.78, 5) is 24.3. The zero-order valence-corrected chi connectivity index (χ0v) is 13.3. The van der Waals surface area contributed by atoms with E-state index in [2.05, 4.69) is 0 Å². The Labute approximate surface area is 133 Å². The molecule has 1 rings (SSSR count). The van der Waals surface area contributed by atoms with Crippen LogP contribution in [0.2, 0.25) is 10.0 Å². The Bertz CT molecular complexity index is 522. The third-order valence-electron chi connectivity index (χ3n) is 2.89. The predicted octanol–water partition coefficient (Wildman–Crippen LogP) is 2.94. The van der Waals surface area contributed by atoms with Crippen LogP contribution in [0.25, 0.3) is 0 Å². The summed E-state index contributed by atoms with van der Waals surface area (Å²) in [5, 5.41) is 9.69. The maximum atomic E-state index is 12.0. The summed E-state index contributed by atoms with van der Waals surface area (Å²) in [5.74, 6) is -1.56. The Balaban J connectivity index is 2.62. The molecule has 1 aromatic carbocycles. The summed E-state index contributed by atoms with van der Waals surface area (Å²) in [7, 11) is 0. The van der Waals surface area contributed by atoms with Gasteiger partial charge in [0.05, 0.1) is 10.9 Å². The van der Waals surface area contributed by atoms with Crippen molar-refractivity contribution in [3.8, 4) is 5.75 Å². The third kappa shape index (κ3) is 5.44. The van der Waals surface area contributed by atoms with Gasteiger partial charge in [-0.25, -0.2) is 0 Å². The fourth-order valence-electron chi connectivity index (χ4n) is 1.63. The van der Waals surface area contributed by atoms with Crippen molar-refractivity contribution in [3.05, 3.63) is 28.2 Å².